The molecule has 0 atom stereocenters. The summed E-state index contributed by atoms with van der Waals surface area (Å²) < 4.78 is 0. The Hall–Kier alpha value is 2.86. The van der Waals surface area contributed by atoms with Crippen molar-refractivity contribution in [1.29, 1.82) is 0 Å². The minimum Gasteiger partial charge on any atom is -1.00 e. The second-order valence-electron chi connectivity index (χ2n) is 6.96. The molecule has 0 saturated heterocycles. The molecule has 32 heavy (non-hydrogen) atoms. The van der Waals surface area contributed by atoms with Crippen LogP contribution in [0.4, 0.5) is 0 Å². The van der Waals surface area contributed by atoms with E-state index < -0.39 is 0 Å². The molecule has 0 aromatic rings. The third-order valence-electron chi connectivity index (χ3n) is 3.85. The van der Waals surface area contributed by atoms with Crippen LogP contribution in [0.2, 0.25) is 0 Å². The zero-order valence-electron chi connectivity index (χ0n) is 21.8. The van der Waals surface area contributed by atoms with Gasteiger partial charge in [-0.05, 0) is 73.0 Å². The molecule has 8 heteroatoms. The summed E-state index contributed by atoms with van der Waals surface area (Å²) >= 11 is 6.31. The quantitative estimate of drug-likeness (QED) is 0.148. The van der Waals surface area contributed by atoms with Crippen LogP contribution < -0.4 is 49.6 Å². The fourth-order valence-corrected chi connectivity index (χ4v) is 5.35. The number of unbranched alkanes of at least 4 members (excludes halogenated alkanes) is 6. The van der Waals surface area contributed by atoms with Crippen molar-refractivity contribution in [3.63, 3.8) is 0 Å². The van der Waals surface area contributed by atoms with Gasteiger partial charge in [0, 0.05) is 20.1 Å². The molecule has 0 rings (SSSR count). The Morgan fingerprint density at radius 3 is 0.531 bits per heavy atom. The zero-order valence-corrected chi connectivity index (χ0v) is 29.7. The van der Waals surface area contributed by atoms with Gasteiger partial charge in [-0.2, -0.15) is 35.3 Å². The standard InChI is InChI=1S/3C8H18S.4ClH.Ir/c3*1-3-5-7-9-8-6-4-2;;;;;/h3*3-8H2,1-2H3;4*1H;/p-4. The van der Waals surface area contributed by atoms with Gasteiger partial charge in [0.2, 0.25) is 0 Å². The summed E-state index contributed by atoms with van der Waals surface area (Å²) in [7, 11) is 0. The molecule has 0 bridgehead atoms. The Morgan fingerprint density at radius 2 is 0.438 bits per heavy atom. The van der Waals surface area contributed by atoms with Crippen molar-refractivity contribution in [1.82, 2.24) is 0 Å². The van der Waals surface area contributed by atoms with Gasteiger partial charge in [0.05, 0.1) is 0 Å². The largest absolute Gasteiger partial charge is 1.00 e. The van der Waals surface area contributed by atoms with E-state index in [1.165, 1.54) is 112 Å². The molecule has 0 nitrogen and oxygen atoms in total. The first-order chi connectivity index (χ1) is 13.2. The van der Waals surface area contributed by atoms with E-state index in [9.17, 15) is 0 Å². The Kier molecular flexibility index (Phi) is 111. The molecule has 1 radical (unpaired) electrons. The van der Waals surface area contributed by atoms with Crippen molar-refractivity contribution in [2.24, 2.45) is 0 Å². The second kappa shape index (κ2) is 64.2. The number of hydrogen-bond donors (Lipinski definition) is 0. The molecule has 0 aliphatic carbocycles. The maximum Gasteiger partial charge on any atom is 0 e. The number of halogens is 4. The van der Waals surface area contributed by atoms with Gasteiger partial charge in [-0.3, -0.25) is 0 Å². The molecule has 0 unspecified atom stereocenters. The first-order valence-electron chi connectivity index (χ1n) is 12.0. The van der Waals surface area contributed by atoms with Crippen LogP contribution in [0.1, 0.15) is 119 Å². The Labute approximate surface area is 256 Å². The normalized spacial score (nSPS) is 8.44. The van der Waals surface area contributed by atoms with Crippen LogP contribution in [0, 0.1) is 0 Å². The van der Waals surface area contributed by atoms with Gasteiger partial charge in [-0.25, -0.2) is 0 Å². The van der Waals surface area contributed by atoms with Gasteiger partial charge < -0.3 is 49.6 Å². The molecule has 0 heterocycles. The van der Waals surface area contributed by atoms with Crippen molar-refractivity contribution in [2.75, 3.05) is 34.5 Å². The zero-order chi connectivity index (χ0) is 20.8. The molecule has 0 aromatic heterocycles. The van der Waals surface area contributed by atoms with Crippen molar-refractivity contribution in [3.05, 3.63) is 0 Å². The van der Waals surface area contributed by atoms with E-state index >= 15 is 0 Å². The van der Waals surface area contributed by atoms with E-state index in [1.807, 2.05) is 0 Å². The second-order valence-corrected chi connectivity index (χ2v) is 10.6. The van der Waals surface area contributed by atoms with Crippen LogP contribution in [-0.2, 0) is 20.1 Å². The summed E-state index contributed by atoms with van der Waals surface area (Å²) in [6, 6.07) is 0. The molecule has 0 aliphatic rings. The fraction of sp³-hybridized carbons (Fsp3) is 1.00. The van der Waals surface area contributed by atoms with Gasteiger partial charge in [0.1, 0.15) is 0 Å². The van der Waals surface area contributed by atoms with E-state index in [2.05, 4.69) is 76.8 Å². The first-order valence-corrected chi connectivity index (χ1v) is 15.4. The molecular formula is C24H54Cl4IrS3-4. The number of rotatable bonds is 18. The monoisotopic (exact) mass is 771 g/mol. The molecule has 0 spiro atoms. The van der Waals surface area contributed by atoms with Crippen LogP contribution in [0.25, 0.3) is 0 Å². The SMILES string of the molecule is CCCCSCCCC.CCCCSCCCC.CCCCSCCCC.[Cl-].[Cl-].[Cl-].[Cl-].[Ir]. The molecule has 209 valence electrons. The number of thioether (sulfide) groups is 3. The van der Waals surface area contributed by atoms with Crippen molar-refractivity contribution in [3.8, 4) is 0 Å². The summed E-state index contributed by atoms with van der Waals surface area (Å²) in [5, 5.41) is 0. The maximum atomic E-state index is 2.25. The van der Waals surface area contributed by atoms with E-state index in [0.29, 0.717) is 0 Å². The van der Waals surface area contributed by atoms with Gasteiger partial charge in [0.25, 0.3) is 0 Å². The van der Waals surface area contributed by atoms with Crippen molar-refractivity contribution >= 4 is 35.3 Å². The third-order valence-corrected chi connectivity index (χ3v) is 7.32. The van der Waals surface area contributed by atoms with Crippen LogP contribution >= 0.6 is 35.3 Å². The van der Waals surface area contributed by atoms with E-state index in [0.717, 1.165) is 0 Å². The van der Waals surface area contributed by atoms with Gasteiger partial charge in [-0.1, -0.05) is 80.1 Å². The van der Waals surface area contributed by atoms with Gasteiger partial charge >= 0.3 is 0 Å². The predicted octanol–water partition coefficient (Wildman–Crippen LogP) is -2.03. The summed E-state index contributed by atoms with van der Waals surface area (Å²) in [5.41, 5.74) is 0. The summed E-state index contributed by atoms with van der Waals surface area (Å²) in [4.78, 5) is 0. The molecule has 0 N–H and O–H groups in total. The van der Waals surface area contributed by atoms with E-state index in [4.69, 9.17) is 0 Å². The minimum atomic E-state index is 0. The third kappa shape index (κ3) is 76.7. The van der Waals surface area contributed by atoms with Crippen LogP contribution in [0.3, 0.4) is 0 Å². The number of hydrogen-bond acceptors (Lipinski definition) is 3. The average Bonchev–Trinajstić information content (AvgIpc) is 2.69. The molecule has 0 fully saturated rings. The molecule has 0 aromatic carbocycles. The van der Waals surface area contributed by atoms with Crippen LogP contribution in [0.15, 0.2) is 0 Å². The van der Waals surface area contributed by atoms with E-state index in [1.54, 1.807) is 0 Å². The smallest absolute Gasteiger partial charge is 0 e. The maximum absolute atomic E-state index is 2.25. The fourth-order valence-electron chi connectivity index (χ4n) is 1.78. The molecule has 0 saturated carbocycles. The first kappa shape index (κ1) is 55.4. The average molecular weight is 773 g/mol. The minimum absolute atomic E-state index is 0. The van der Waals surface area contributed by atoms with Crippen LogP contribution in [-0.4, -0.2) is 34.5 Å². The Balaban J connectivity index is -0.0000000417. The van der Waals surface area contributed by atoms with Crippen LogP contribution in [0.5, 0.6) is 0 Å². The van der Waals surface area contributed by atoms with Gasteiger partial charge in [-0.15, -0.1) is 0 Å². The molecule has 0 amide bonds. The van der Waals surface area contributed by atoms with Crippen molar-refractivity contribution in [2.45, 2.75) is 119 Å². The predicted molar refractivity (Wildman–Crippen MR) is 141 cm³/mol. The summed E-state index contributed by atoms with van der Waals surface area (Å²) in [5.74, 6) is 8.23. The Morgan fingerprint density at radius 1 is 0.312 bits per heavy atom. The molecular weight excluding hydrogens is 718 g/mol. The van der Waals surface area contributed by atoms with Gasteiger partial charge in [0.15, 0.2) is 0 Å². The summed E-state index contributed by atoms with van der Waals surface area (Å²) in [6.45, 7) is 13.5. The Bertz CT molecular complexity index is 170. The van der Waals surface area contributed by atoms with E-state index in [-0.39, 0.29) is 69.7 Å². The van der Waals surface area contributed by atoms with Crippen molar-refractivity contribution < 1.29 is 69.7 Å². The molecule has 0 aliphatic heterocycles. The summed E-state index contributed by atoms with van der Waals surface area (Å²) in [6.07, 6.45) is 16.5. The topological polar surface area (TPSA) is 0 Å².